The normalized spacial score (nSPS) is 11.1. The molecule has 0 amide bonds. The van der Waals surface area contributed by atoms with Crippen LogP contribution in [-0.2, 0) is 39.0 Å². The van der Waals surface area contributed by atoms with Crippen LogP contribution in [-0.4, -0.2) is 62.9 Å². The van der Waals surface area contributed by atoms with Crippen molar-refractivity contribution in [3.63, 3.8) is 0 Å². The van der Waals surface area contributed by atoms with E-state index in [4.69, 9.17) is 0 Å². The zero-order valence-corrected chi connectivity index (χ0v) is 55.1. The summed E-state index contributed by atoms with van der Waals surface area (Å²) in [5.74, 6) is 0. The van der Waals surface area contributed by atoms with Crippen LogP contribution in [0.4, 0.5) is 0 Å². The second-order valence-electron chi connectivity index (χ2n) is 19.4. The maximum Gasteiger partial charge on any atom is 2.00 e. The Morgan fingerprint density at radius 3 is 0.597 bits per heavy atom. The first-order valence-electron chi connectivity index (χ1n) is 23.9. The smallest absolute Gasteiger partial charge is 1.00 e. The van der Waals surface area contributed by atoms with Crippen LogP contribution >= 0.6 is 31.7 Å². The van der Waals surface area contributed by atoms with Crippen LogP contribution in [0.1, 0.15) is 116 Å². The second kappa shape index (κ2) is 34.5. The fraction of sp³-hybridized carbons (Fsp3) is 0.474. The van der Waals surface area contributed by atoms with E-state index in [1.165, 1.54) is 5.56 Å². The van der Waals surface area contributed by atoms with Gasteiger partial charge in [0.05, 0.1) is 0 Å². The molecule has 0 atom stereocenters. The van der Waals surface area contributed by atoms with Gasteiger partial charge in [0, 0.05) is 0 Å². The summed E-state index contributed by atoms with van der Waals surface area (Å²) in [5.41, 5.74) is 7.13. The van der Waals surface area contributed by atoms with E-state index >= 15 is 0 Å². The van der Waals surface area contributed by atoms with Crippen molar-refractivity contribution in [3.05, 3.63) is 133 Å². The molecule has 5 rings (SSSR count). The summed E-state index contributed by atoms with van der Waals surface area (Å²) >= 11 is 0. The topological polar surface area (TPSA) is 0 Å². The van der Waals surface area contributed by atoms with Crippen LogP contribution < -0.4 is 66.8 Å². The third kappa shape index (κ3) is 20.1. The first-order chi connectivity index (χ1) is 29.7. The van der Waals surface area contributed by atoms with E-state index in [9.17, 15) is 0 Å². The van der Waals surface area contributed by atoms with E-state index < -0.39 is 17.6 Å². The van der Waals surface area contributed by atoms with Gasteiger partial charge in [0.15, 0.2) is 0 Å². The van der Waals surface area contributed by atoms with Gasteiger partial charge in [-0.2, -0.15) is 33.8 Å². The van der Waals surface area contributed by atoms with Gasteiger partial charge in [-0.15, -0.1) is 0 Å². The van der Waals surface area contributed by atoms with Crippen molar-refractivity contribution in [1.82, 2.24) is 0 Å². The fourth-order valence-electron chi connectivity index (χ4n) is 9.50. The Hall–Kier alpha value is 0.0805. The van der Waals surface area contributed by atoms with Gasteiger partial charge in [-0.3, -0.25) is 17.6 Å². The van der Waals surface area contributed by atoms with Gasteiger partial charge in [0.25, 0.3) is 0 Å². The first-order valence-corrected chi connectivity index (χ1v) is 33.8. The molecule has 0 radical (unpaired) electrons. The molecule has 0 aliphatic rings. The van der Waals surface area contributed by atoms with Crippen LogP contribution in [0.15, 0.2) is 127 Å². The number of benzene rings is 5. The SMILES string of the molecule is CC(C)P(c1ccccc1[Si-](C)c1ccccc1P(C(C)C)C(C)C)C(C)C.CC(C)P(c1ccccc1[Si-](C)c1ccccc1P(C(C)C)C(C)C)C(C)C.Cc1ccccc1.[Cl-].[Cl-].[Ru+2].[Ru+2]. The van der Waals surface area contributed by atoms with Gasteiger partial charge in [-0.1, -0.05) is 297 Å². The molecule has 0 aromatic heterocycles. The van der Waals surface area contributed by atoms with Gasteiger partial charge in [-0.25, -0.2) is 0 Å². The standard InChI is InChI=1S/2C25H39P2Si.C7H8.2ClH.2Ru/c2*1-18(2)26(19(3)4)22-14-10-12-16-24(22)28(9)25-17-13-11-15-23(25)27(20(5)6)21(7)8;1-7-5-3-2-4-6-7;;;;/h2*10-21H,1-9H3;2-6H,1H3;2*1H;;/q2*-1;;;;2*+2/p-2. The minimum Gasteiger partial charge on any atom is -1.00 e. The summed E-state index contributed by atoms with van der Waals surface area (Å²) < 4.78 is 0. The molecule has 0 aliphatic carbocycles. The largest absolute Gasteiger partial charge is 2.00 e. The van der Waals surface area contributed by atoms with Crippen LogP contribution in [0.5, 0.6) is 0 Å². The number of rotatable bonds is 16. The molecule has 0 heterocycles. The maximum atomic E-state index is 2.53. The van der Waals surface area contributed by atoms with Crippen LogP contribution in [0.3, 0.4) is 0 Å². The molecule has 5 aromatic carbocycles. The van der Waals surface area contributed by atoms with Crippen LogP contribution in [0.2, 0.25) is 13.1 Å². The van der Waals surface area contributed by atoms with E-state index in [1.807, 2.05) is 18.2 Å². The second-order valence-corrected chi connectivity index (χ2v) is 37.5. The molecule has 0 spiro atoms. The molecular weight excluding hydrogens is 1140 g/mol. The van der Waals surface area contributed by atoms with E-state index in [0.29, 0.717) is 0 Å². The first kappa shape index (κ1) is 69.2. The zero-order valence-electron chi connectivity index (χ0n) is 44.5. The molecule has 67 heavy (non-hydrogen) atoms. The predicted molar refractivity (Wildman–Crippen MR) is 306 cm³/mol. The van der Waals surface area contributed by atoms with Crippen LogP contribution in [0, 0.1) is 6.92 Å². The van der Waals surface area contributed by atoms with Crippen molar-refractivity contribution in [2.75, 3.05) is 0 Å². The Bertz CT molecular complexity index is 1790. The van der Waals surface area contributed by atoms with E-state index in [1.54, 1.807) is 42.0 Å². The Balaban J connectivity index is 0. The Kier molecular flexibility index (Phi) is 35.6. The van der Waals surface area contributed by atoms with Gasteiger partial charge in [0.1, 0.15) is 0 Å². The third-order valence-electron chi connectivity index (χ3n) is 11.7. The minimum atomic E-state index is -0.793. The summed E-state index contributed by atoms with van der Waals surface area (Å²) in [5, 5.41) is 13.2. The third-order valence-corrected chi connectivity index (χ3v) is 30.2. The van der Waals surface area contributed by atoms with Crippen molar-refractivity contribution in [2.24, 2.45) is 0 Å². The zero-order chi connectivity index (χ0) is 47.1. The van der Waals surface area contributed by atoms with E-state index in [2.05, 4.69) is 240 Å². The quantitative estimate of drug-likeness (QED) is 0.0709. The van der Waals surface area contributed by atoms with Crippen molar-refractivity contribution in [2.45, 2.75) is 176 Å². The molecule has 0 unspecified atom stereocenters. The summed E-state index contributed by atoms with van der Waals surface area (Å²) in [4.78, 5) is 0. The van der Waals surface area contributed by atoms with Gasteiger partial charge < -0.3 is 24.8 Å². The number of hydrogen-bond acceptors (Lipinski definition) is 0. The number of halogens is 2. The molecule has 0 saturated heterocycles. The fourth-order valence-corrected chi connectivity index (χ4v) is 28.6. The molecule has 372 valence electrons. The average molecular weight is 1220 g/mol. The average Bonchev–Trinajstić information content (AvgIpc) is 3.21. The number of hydrogen-bond donors (Lipinski definition) is 0. The summed E-state index contributed by atoms with van der Waals surface area (Å²) in [6.07, 6.45) is 0. The summed E-state index contributed by atoms with van der Waals surface area (Å²) in [6, 6.07) is 47.8. The predicted octanol–water partition coefficient (Wildman–Crippen LogP) is 7.54. The molecule has 0 bridgehead atoms. The van der Waals surface area contributed by atoms with Gasteiger partial charge in [-0.05, 0) is 52.2 Å². The molecule has 0 saturated carbocycles. The molecule has 5 aromatic rings. The Morgan fingerprint density at radius 2 is 0.448 bits per heavy atom. The molecule has 0 fully saturated rings. The van der Waals surface area contributed by atoms with Crippen molar-refractivity contribution in [1.29, 1.82) is 0 Å². The van der Waals surface area contributed by atoms with Crippen LogP contribution in [0.25, 0.3) is 0 Å². The van der Waals surface area contributed by atoms with Crippen molar-refractivity contribution in [3.8, 4) is 0 Å². The summed E-state index contributed by atoms with van der Waals surface area (Å²) in [6.45, 7) is 45.7. The number of aryl methyl sites for hydroxylation is 1. The molecular formula is C57H86Cl2P4Ru2Si2. The van der Waals surface area contributed by atoms with E-state index in [-0.39, 0.29) is 95.5 Å². The Morgan fingerprint density at radius 1 is 0.284 bits per heavy atom. The molecule has 0 N–H and O–H groups in total. The Labute approximate surface area is 460 Å². The molecule has 0 aliphatic heterocycles. The summed E-state index contributed by atoms with van der Waals surface area (Å²) in [7, 11) is -2.13. The van der Waals surface area contributed by atoms with E-state index in [0.717, 1.165) is 45.3 Å². The monoisotopic (exact) mass is 1220 g/mol. The van der Waals surface area contributed by atoms with Crippen molar-refractivity contribution < 1.29 is 63.8 Å². The minimum absolute atomic E-state index is 0. The maximum absolute atomic E-state index is 2.53. The van der Waals surface area contributed by atoms with Crippen molar-refractivity contribution >= 4 is 91.2 Å². The molecule has 10 heteroatoms. The van der Waals surface area contributed by atoms with Gasteiger partial charge in [0.2, 0.25) is 0 Å². The molecule has 0 nitrogen and oxygen atoms in total. The van der Waals surface area contributed by atoms with Gasteiger partial charge >= 0.3 is 39.0 Å².